The number of nitrogen functional groups attached to an aromatic ring is 1. The van der Waals surface area contributed by atoms with Gasteiger partial charge in [0, 0.05) is 19.3 Å². The lowest BCUT2D eigenvalue weighted by Gasteiger charge is -2.13. The molecular formula is C13H14N4O3. The summed E-state index contributed by atoms with van der Waals surface area (Å²) >= 11 is 0. The van der Waals surface area contributed by atoms with Crippen molar-refractivity contribution in [2.45, 2.75) is 6.92 Å². The number of nitrogens with zero attached hydrogens (tertiary/aromatic N) is 3. The molecule has 0 atom stereocenters. The van der Waals surface area contributed by atoms with E-state index in [1.807, 2.05) is 0 Å². The van der Waals surface area contributed by atoms with Crippen molar-refractivity contribution in [1.29, 1.82) is 0 Å². The van der Waals surface area contributed by atoms with Crippen molar-refractivity contribution < 1.29 is 14.6 Å². The second-order valence-electron chi connectivity index (χ2n) is 4.11. The van der Waals surface area contributed by atoms with Gasteiger partial charge in [0.25, 0.3) is 0 Å². The van der Waals surface area contributed by atoms with Gasteiger partial charge < -0.3 is 15.6 Å². The number of aromatic nitrogens is 2. The second kappa shape index (κ2) is 5.43. The van der Waals surface area contributed by atoms with Gasteiger partial charge in [-0.2, -0.15) is 0 Å². The first-order valence-corrected chi connectivity index (χ1v) is 5.81. The van der Waals surface area contributed by atoms with Crippen molar-refractivity contribution >= 4 is 17.7 Å². The van der Waals surface area contributed by atoms with Crippen molar-refractivity contribution in [3.63, 3.8) is 0 Å². The van der Waals surface area contributed by atoms with Crippen LogP contribution >= 0.6 is 0 Å². The van der Waals surface area contributed by atoms with Crippen LogP contribution in [0.2, 0.25) is 0 Å². The first kappa shape index (κ1) is 13.6. The maximum Gasteiger partial charge on any atom is 0.412 e. The zero-order valence-corrected chi connectivity index (χ0v) is 11.1. The van der Waals surface area contributed by atoms with E-state index in [1.54, 1.807) is 25.1 Å². The molecule has 0 radical (unpaired) electrons. The minimum absolute atomic E-state index is 0.274. The van der Waals surface area contributed by atoms with Crippen LogP contribution in [0.25, 0.3) is 0 Å². The third-order valence-corrected chi connectivity index (χ3v) is 2.63. The maximum atomic E-state index is 10.9. The van der Waals surface area contributed by atoms with Gasteiger partial charge in [0.2, 0.25) is 0 Å². The highest BCUT2D eigenvalue weighted by Crippen LogP contribution is 2.26. The van der Waals surface area contributed by atoms with Gasteiger partial charge in [-0.25, -0.2) is 14.8 Å². The standard InChI is InChI=1S/C13H14N4O3/c1-8-10(3-4-11(14)16-8)20-9-5-6-15-12(7-9)17(2)13(18)19/h3-7H,1-2H3,(H2,14,16)(H,18,19). The number of aryl methyl sites for hydroxylation is 1. The SMILES string of the molecule is Cc1nc(N)ccc1Oc1ccnc(N(C)C(=O)O)c1. The fourth-order valence-electron chi connectivity index (χ4n) is 1.55. The third kappa shape index (κ3) is 2.94. The van der Waals surface area contributed by atoms with Crippen LogP contribution in [0.1, 0.15) is 5.69 Å². The number of nitrogens with two attached hydrogens (primary N) is 1. The minimum Gasteiger partial charge on any atom is -0.465 e. The normalized spacial score (nSPS) is 10.1. The van der Waals surface area contributed by atoms with Crippen LogP contribution in [-0.2, 0) is 0 Å². The molecule has 7 heteroatoms. The number of rotatable bonds is 3. The van der Waals surface area contributed by atoms with E-state index in [0.717, 1.165) is 4.90 Å². The molecule has 3 N–H and O–H groups in total. The highest BCUT2D eigenvalue weighted by Gasteiger charge is 2.11. The Kier molecular flexibility index (Phi) is 3.69. The summed E-state index contributed by atoms with van der Waals surface area (Å²) in [7, 11) is 1.41. The summed E-state index contributed by atoms with van der Waals surface area (Å²) in [6, 6.07) is 6.51. The summed E-state index contributed by atoms with van der Waals surface area (Å²) in [6.07, 6.45) is 0.379. The highest BCUT2D eigenvalue weighted by atomic mass is 16.5. The molecule has 1 amide bonds. The molecule has 2 rings (SSSR count). The van der Waals surface area contributed by atoms with Crippen LogP contribution in [0.4, 0.5) is 16.4 Å². The van der Waals surface area contributed by atoms with Crippen molar-refractivity contribution in [2.75, 3.05) is 17.7 Å². The lowest BCUT2D eigenvalue weighted by atomic mass is 10.3. The Morgan fingerprint density at radius 3 is 2.80 bits per heavy atom. The van der Waals surface area contributed by atoms with Crippen LogP contribution in [0.5, 0.6) is 11.5 Å². The molecular weight excluding hydrogens is 260 g/mol. The number of pyridine rings is 2. The molecule has 0 aliphatic heterocycles. The van der Waals surface area contributed by atoms with Gasteiger partial charge in [0.15, 0.2) is 0 Å². The van der Waals surface area contributed by atoms with Gasteiger partial charge in [0.05, 0.1) is 5.69 Å². The maximum absolute atomic E-state index is 10.9. The van der Waals surface area contributed by atoms with E-state index >= 15 is 0 Å². The van der Waals surface area contributed by atoms with E-state index in [0.29, 0.717) is 23.0 Å². The van der Waals surface area contributed by atoms with Crippen LogP contribution < -0.4 is 15.4 Å². The van der Waals surface area contributed by atoms with Crippen molar-refractivity contribution in [2.24, 2.45) is 0 Å². The Morgan fingerprint density at radius 2 is 2.15 bits per heavy atom. The minimum atomic E-state index is -1.10. The Morgan fingerprint density at radius 1 is 1.40 bits per heavy atom. The van der Waals surface area contributed by atoms with Gasteiger partial charge in [-0.15, -0.1) is 0 Å². The lowest BCUT2D eigenvalue weighted by molar-refractivity contribution is 0.203. The summed E-state index contributed by atoms with van der Waals surface area (Å²) in [4.78, 5) is 19.9. The first-order chi connectivity index (χ1) is 9.47. The number of amides is 1. The highest BCUT2D eigenvalue weighted by molar-refractivity contribution is 5.84. The molecule has 20 heavy (non-hydrogen) atoms. The molecule has 0 spiro atoms. The molecule has 0 unspecified atom stereocenters. The van der Waals surface area contributed by atoms with Crippen LogP contribution in [0, 0.1) is 6.92 Å². The fraction of sp³-hybridized carbons (Fsp3) is 0.154. The molecule has 7 nitrogen and oxygen atoms in total. The third-order valence-electron chi connectivity index (χ3n) is 2.63. The van der Waals surface area contributed by atoms with Crippen LogP contribution in [0.3, 0.4) is 0 Å². The average molecular weight is 274 g/mol. The largest absolute Gasteiger partial charge is 0.465 e. The first-order valence-electron chi connectivity index (χ1n) is 5.81. The molecule has 0 aliphatic carbocycles. The number of carboxylic acid groups (broad SMARTS) is 1. The predicted octanol–water partition coefficient (Wildman–Crippen LogP) is 2.27. The number of carbonyl (C=O) groups is 1. The number of hydrogen-bond acceptors (Lipinski definition) is 5. The van der Waals surface area contributed by atoms with Gasteiger partial charge >= 0.3 is 6.09 Å². The Balaban J connectivity index is 2.26. The Bertz CT molecular complexity index is 645. The molecule has 0 bridgehead atoms. The quantitative estimate of drug-likeness (QED) is 0.890. The molecule has 2 heterocycles. The Labute approximate surface area is 115 Å². The molecule has 104 valence electrons. The summed E-state index contributed by atoms with van der Waals surface area (Å²) in [5.41, 5.74) is 6.22. The van der Waals surface area contributed by atoms with Gasteiger partial charge in [-0.3, -0.25) is 4.90 Å². The molecule has 0 aliphatic rings. The van der Waals surface area contributed by atoms with Crippen molar-refractivity contribution in [1.82, 2.24) is 9.97 Å². The molecule has 0 fully saturated rings. The Hall–Kier alpha value is -2.83. The van der Waals surface area contributed by atoms with E-state index < -0.39 is 6.09 Å². The second-order valence-corrected chi connectivity index (χ2v) is 4.11. The smallest absolute Gasteiger partial charge is 0.412 e. The monoisotopic (exact) mass is 274 g/mol. The van der Waals surface area contributed by atoms with Crippen molar-refractivity contribution in [3.05, 3.63) is 36.2 Å². The van der Waals surface area contributed by atoms with Crippen LogP contribution in [-0.4, -0.2) is 28.2 Å². The number of ether oxygens (including phenoxy) is 1. The zero-order chi connectivity index (χ0) is 14.7. The average Bonchev–Trinajstić information content (AvgIpc) is 2.41. The summed E-state index contributed by atoms with van der Waals surface area (Å²) in [5.74, 6) is 1.71. The predicted molar refractivity (Wildman–Crippen MR) is 74.1 cm³/mol. The molecule has 2 aromatic rings. The van der Waals surface area contributed by atoms with E-state index in [1.165, 1.54) is 19.3 Å². The number of hydrogen-bond donors (Lipinski definition) is 2. The van der Waals surface area contributed by atoms with Crippen LogP contribution in [0.15, 0.2) is 30.5 Å². The fourth-order valence-corrected chi connectivity index (χ4v) is 1.55. The lowest BCUT2D eigenvalue weighted by Crippen LogP contribution is -2.24. The van der Waals surface area contributed by atoms with Gasteiger partial charge in [-0.1, -0.05) is 0 Å². The van der Waals surface area contributed by atoms with E-state index in [2.05, 4.69) is 9.97 Å². The van der Waals surface area contributed by atoms with Gasteiger partial charge in [0.1, 0.15) is 23.1 Å². The van der Waals surface area contributed by atoms with Gasteiger partial charge in [-0.05, 0) is 25.1 Å². The summed E-state index contributed by atoms with van der Waals surface area (Å²) in [5, 5.41) is 8.91. The summed E-state index contributed by atoms with van der Waals surface area (Å²) in [6.45, 7) is 1.77. The molecule has 0 saturated heterocycles. The van der Waals surface area contributed by atoms with E-state index in [-0.39, 0.29) is 5.82 Å². The molecule has 0 saturated carbocycles. The van der Waals surface area contributed by atoms with E-state index in [9.17, 15) is 4.79 Å². The molecule has 0 aromatic carbocycles. The van der Waals surface area contributed by atoms with E-state index in [4.69, 9.17) is 15.6 Å². The number of anilines is 2. The topological polar surface area (TPSA) is 102 Å². The van der Waals surface area contributed by atoms with Crippen molar-refractivity contribution in [3.8, 4) is 11.5 Å². The zero-order valence-electron chi connectivity index (χ0n) is 11.1. The molecule has 2 aromatic heterocycles. The summed E-state index contributed by atoms with van der Waals surface area (Å²) < 4.78 is 5.66.